The first-order valence-electron chi connectivity index (χ1n) is 7.60. The largest absolute Gasteiger partial charge is 0.497 e. The number of anilines is 1. The van der Waals surface area contributed by atoms with Gasteiger partial charge in [0, 0.05) is 12.1 Å². The Bertz CT molecular complexity index is 629. The Kier molecular flexibility index (Phi) is 6.85. The second kappa shape index (κ2) is 8.88. The van der Waals surface area contributed by atoms with E-state index in [-0.39, 0.29) is 11.0 Å². The molecule has 0 aliphatic carbocycles. The SMILES string of the molecule is CCCNc1nnc(SC(CC)C(=O)c2ccc(OC)cc2)s1. The number of thioether (sulfide) groups is 1. The average molecular weight is 351 g/mol. The van der Waals surface area contributed by atoms with Gasteiger partial charge in [0.15, 0.2) is 10.1 Å². The van der Waals surface area contributed by atoms with E-state index in [0.29, 0.717) is 5.56 Å². The number of nitrogens with zero attached hydrogens (tertiary/aromatic N) is 2. The highest BCUT2D eigenvalue weighted by molar-refractivity contribution is 8.02. The molecular formula is C16H21N3O2S2. The monoisotopic (exact) mass is 351 g/mol. The first-order valence-corrected chi connectivity index (χ1v) is 9.29. The van der Waals surface area contributed by atoms with Gasteiger partial charge < -0.3 is 10.1 Å². The molecule has 2 rings (SSSR count). The van der Waals surface area contributed by atoms with Crippen LogP contribution in [-0.4, -0.2) is 34.9 Å². The zero-order valence-electron chi connectivity index (χ0n) is 13.5. The van der Waals surface area contributed by atoms with Gasteiger partial charge in [-0.15, -0.1) is 10.2 Å². The summed E-state index contributed by atoms with van der Waals surface area (Å²) in [4.78, 5) is 12.6. The van der Waals surface area contributed by atoms with Gasteiger partial charge in [0.05, 0.1) is 12.4 Å². The van der Waals surface area contributed by atoms with E-state index in [1.807, 2.05) is 19.1 Å². The molecule has 1 atom stereocenters. The molecule has 1 aromatic carbocycles. The number of methoxy groups -OCH3 is 1. The summed E-state index contributed by atoms with van der Waals surface area (Å²) in [6, 6.07) is 7.22. The van der Waals surface area contributed by atoms with Gasteiger partial charge in [0.2, 0.25) is 5.13 Å². The average Bonchev–Trinajstić information content (AvgIpc) is 3.04. The molecule has 0 spiro atoms. The Morgan fingerprint density at radius 1 is 1.30 bits per heavy atom. The Balaban J connectivity index is 2.03. The molecule has 0 aliphatic heterocycles. The number of ether oxygens (including phenoxy) is 1. The van der Waals surface area contributed by atoms with Crippen molar-refractivity contribution in [3.8, 4) is 5.75 Å². The fourth-order valence-corrected chi connectivity index (χ4v) is 3.97. The Hall–Kier alpha value is -1.60. The van der Waals surface area contributed by atoms with Gasteiger partial charge in [0.1, 0.15) is 5.75 Å². The molecule has 0 bridgehead atoms. The number of Topliss-reactive ketones (excluding diaryl/α,β-unsaturated/α-hetero) is 1. The Labute approximate surface area is 144 Å². The van der Waals surface area contributed by atoms with Crippen LogP contribution in [0.3, 0.4) is 0 Å². The number of carbonyl (C=O) groups is 1. The fourth-order valence-electron chi connectivity index (χ4n) is 1.95. The van der Waals surface area contributed by atoms with Crippen molar-refractivity contribution in [2.45, 2.75) is 36.3 Å². The molecule has 0 saturated heterocycles. The van der Waals surface area contributed by atoms with Crippen LogP contribution in [0, 0.1) is 0 Å². The maximum absolute atomic E-state index is 12.6. The molecule has 1 unspecified atom stereocenters. The molecule has 0 amide bonds. The van der Waals surface area contributed by atoms with Crippen LogP contribution in [0.4, 0.5) is 5.13 Å². The van der Waals surface area contributed by atoms with Crippen molar-refractivity contribution in [3.63, 3.8) is 0 Å². The lowest BCUT2D eigenvalue weighted by molar-refractivity contribution is 0.0988. The van der Waals surface area contributed by atoms with E-state index in [4.69, 9.17) is 4.74 Å². The van der Waals surface area contributed by atoms with Gasteiger partial charge in [-0.2, -0.15) is 0 Å². The number of benzene rings is 1. The van der Waals surface area contributed by atoms with Crippen molar-refractivity contribution in [2.75, 3.05) is 19.0 Å². The highest BCUT2D eigenvalue weighted by Crippen LogP contribution is 2.32. The van der Waals surface area contributed by atoms with Crippen LogP contribution in [0.25, 0.3) is 0 Å². The zero-order chi connectivity index (χ0) is 16.7. The maximum atomic E-state index is 12.6. The summed E-state index contributed by atoms with van der Waals surface area (Å²) in [5.74, 6) is 0.858. The maximum Gasteiger partial charge on any atom is 0.206 e. The van der Waals surface area contributed by atoms with Crippen molar-refractivity contribution in [3.05, 3.63) is 29.8 Å². The second-order valence-electron chi connectivity index (χ2n) is 4.91. The molecule has 23 heavy (non-hydrogen) atoms. The van der Waals surface area contributed by atoms with E-state index in [1.165, 1.54) is 23.1 Å². The summed E-state index contributed by atoms with van der Waals surface area (Å²) in [5, 5.41) is 12.1. The molecule has 0 fully saturated rings. The molecule has 5 nitrogen and oxygen atoms in total. The van der Waals surface area contributed by atoms with Crippen LogP contribution in [0.15, 0.2) is 28.6 Å². The minimum atomic E-state index is -0.157. The minimum absolute atomic E-state index is 0.110. The standard InChI is InChI=1S/C16H21N3O2S2/c1-4-10-17-15-18-19-16(23-15)22-13(5-2)14(20)11-6-8-12(21-3)9-7-11/h6-9,13H,4-5,10H2,1-3H3,(H,17,18). The molecule has 7 heteroatoms. The molecule has 0 aliphatic rings. The zero-order valence-corrected chi connectivity index (χ0v) is 15.2. The summed E-state index contributed by atoms with van der Waals surface area (Å²) >= 11 is 2.97. The van der Waals surface area contributed by atoms with Crippen molar-refractivity contribution in [1.82, 2.24) is 10.2 Å². The van der Waals surface area contributed by atoms with E-state index >= 15 is 0 Å². The molecule has 2 aromatic rings. The smallest absolute Gasteiger partial charge is 0.206 e. The van der Waals surface area contributed by atoms with Gasteiger partial charge in [0.25, 0.3) is 0 Å². The van der Waals surface area contributed by atoms with Crippen LogP contribution >= 0.6 is 23.1 Å². The van der Waals surface area contributed by atoms with Gasteiger partial charge in [-0.3, -0.25) is 4.79 Å². The molecular weight excluding hydrogens is 330 g/mol. The number of hydrogen-bond acceptors (Lipinski definition) is 7. The molecule has 1 N–H and O–H groups in total. The Morgan fingerprint density at radius 2 is 2.04 bits per heavy atom. The molecule has 1 aromatic heterocycles. The number of rotatable bonds is 9. The van der Waals surface area contributed by atoms with E-state index in [1.54, 1.807) is 19.2 Å². The fraction of sp³-hybridized carbons (Fsp3) is 0.438. The van der Waals surface area contributed by atoms with E-state index in [0.717, 1.165) is 34.6 Å². The predicted octanol–water partition coefficient (Wildman–Crippen LogP) is 4.12. The van der Waals surface area contributed by atoms with Crippen LogP contribution in [0.1, 0.15) is 37.0 Å². The van der Waals surface area contributed by atoms with Crippen molar-refractivity contribution >= 4 is 34.0 Å². The van der Waals surface area contributed by atoms with Gasteiger partial charge in [-0.1, -0.05) is 36.9 Å². The van der Waals surface area contributed by atoms with E-state index in [9.17, 15) is 4.79 Å². The lowest BCUT2D eigenvalue weighted by atomic mass is 10.1. The summed E-state index contributed by atoms with van der Waals surface area (Å²) in [6.07, 6.45) is 1.78. The van der Waals surface area contributed by atoms with Crippen molar-refractivity contribution in [2.24, 2.45) is 0 Å². The third kappa shape index (κ3) is 4.94. The number of hydrogen-bond donors (Lipinski definition) is 1. The first kappa shape index (κ1) is 17.7. The molecule has 1 heterocycles. The lowest BCUT2D eigenvalue weighted by Gasteiger charge is -2.11. The third-order valence-corrected chi connectivity index (χ3v) is 5.54. The molecule has 0 saturated carbocycles. The van der Waals surface area contributed by atoms with Crippen molar-refractivity contribution < 1.29 is 9.53 Å². The van der Waals surface area contributed by atoms with Crippen LogP contribution in [0.5, 0.6) is 5.75 Å². The topological polar surface area (TPSA) is 64.1 Å². The molecule has 0 radical (unpaired) electrons. The molecule has 124 valence electrons. The first-order chi connectivity index (χ1) is 11.2. The summed E-state index contributed by atoms with van der Waals surface area (Å²) in [7, 11) is 1.61. The van der Waals surface area contributed by atoms with Crippen LogP contribution < -0.4 is 10.1 Å². The predicted molar refractivity (Wildman–Crippen MR) is 96.0 cm³/mol. The normalized spacial score (nSPS) is 12.0. The second-order valence-corrected chi connectivity index (χ2v) is 7.33. The lowest BCUT2D eigenvalue weighted by Crippen LogP contribution is -2.16. The number of nitrogens with one attached hydrogen (secondary N) is 1. The van der Waals surface area contributed by atoms with Crippen LogP contribution in [0.2, 0.25) is 0 Å². The number of ketones is 1. The van der Waals surface area contributed by atoms with E-state index in [2.05, 4.69) is 22.4 Å². The highest BCUT2D eigenvalue weighted by atomic mass is 32.2. The van der Waals surface area contributed by atoms with Crippen molar-refractivity contribution in [1.29, 1.82) is 0 Å². The van der Waals surface area contributed by atoms with Gasteiger partial charge in [-0.25, -0.2) is 0 Å². The Morgan fingerprint density at radius 3 is 2.65 bits per heavy atom. The quantitative estimate of drug-likeness (QED) is 0.541. The highest BCUT2D eigenvalue weighted by Gasteiger charge is 2.21. The number of carbonyl (C=O) groups excluding carboxylic acids is 1. The summed E-state index contributed by atoms with van der Waals surface area (Å²) < 4.78 is 5.94. The van der Waals surface area contributed by atoms with Gasteiger partial charge in [-0.05, 0) is 37.1 Å². The van der Waals surface area contributed by atoms with Gasteiger partial charge >= 0.3 is 0 Å². The third-order valence-electron chi connectivity index (χ3n) is 3.21. The number of aromatic nitrogens is 2. The van der Waals surface area contributed by atoms with E-state index < -0.39 is 0 Å². The van der Waals surface area contributed by atoms with Crippen LogP contribution in [-0.2, 0) is 0 Å². The summed E-state index contributed by atoms with van der Waals surface area (Å²) in [5.41, 5.74) is 0.694. The minimum Gasteiger partial charge on any atom is -0.497 e. The summed E-state index contributed by atoms with van der Waals surface area (Å²) in [6.45, 7) is 4.99.